The van der Waals surface area contributed by atoms with E-state index in [1.54, 1.807) is 17.0 Å². The number of hydrogen-bond acceptors (Lipinski definition) is 4. The van der Waals surface area contributed by atoms with Crippen LogP contribution in [-0.2, 0) is 22.8 Å². The molecule has 0 spiro atoms. The molecule has 6 heteroatoms. The SMILES string of the molecule is CCc1ccc(S(C)(=O)=O)cc1C(=O)N1CCOc2ccc(C)cc2C1. The van der Waals surface area contributed by atoms with Crippen LogP contribution in [0.3, 0.4) is 0 Å². The average molecular weight is 373 g/mol. The van der Waals surface area contributed by atoms with Crippen LogP contribution in [0, 0.1) is 6.92 Å². The standard InChI is InChI=1S/C20H23NO4S/c1-4-15-6-7-17(26(3,23)24)12-18(15)20(22)21-9-10-25-19-8-5-14(2)11-16(19)13-21/h5-8,11-12H,4,9-10,13H2,1-3H3. The number of hydrogen-bond donors (Lipinski definition) is 0. The van der Waals surface area contributed by atoms with Crippen LogP contribution in [0.4, 0.5) is 0 Å². The molecule has 0 saturated carbocycles. The number of nitrogens with zero attached hydrogens (tertiary/aromatic N) is 1. The third-order valence-electron chi connectivity index (χ3n) is 4.60. The molecule has 138 valence electrons. The monoisotopic (exact) mass is 373 g/mol. The van der Waals surface area contributed by atoms with Crippen LogP contribution in [0.1, 0.15) is 34.0 Å². The Morgan fingerprint density at radius 2 is 1.96 bits per heavy atom. The van der Waals surface area contributed by atoms with Crippen molar-refractivity contribution in [3.8, 4) is 5.75 Å². The minimum absolute atomic E-state index is 0.162. The fraction of sp³-hybridized carbons (Fsp3) is 0.350. The summed E-state index contributed by atoms with van der Waals surface area (Å²) >= 11 is 0. The molecule has 0 unspecified atom stereocenters. The van der Waals surface area contributed by atoms with Crippen molar-refractivity contribution in [2.45, 2.75) is 31.7 Å². The number of sulfone groups is 1. The molecule has 0 radical (unpaired) electrons. The number of carbonyl (C=O) groups excluding carboxylic acids is 1. The molecular formula is C20H23NO4S. The van der Waals surface area contributed by atoms with Crippen LogP contribution in [0.5, 0.6) is 5.75 Å². The van der Waals surface area contributed by atoms with Crippen molar-refractivity contribution in [3.63, 3.8) is 0 Å². The van der Waals surface area contributed by atoms with E-state index in [-0.39, 0.29) is 10.8 Å². The Kier molecular flexibility index (Phi) is 5.05. The first-order chi connectivity index (χ1) is 12.3. The van der Waals surface area contributed by atoms with Crippen LogP contribution in [-0.4, -0.2) is 38.6 Å². The number of rotatable bonds is 3. The Hall–Kier alpha value is -2.34. The van der Waals surface area contributed by atoms with Gasteiger partial charge in [0, 0.05) is 23.9 Å². The summed E-state index contributed by atoms with van der Waals surface area (Å²) in [5.74, 6) is 0.636. The van der Waals surface area contributed by atoms with Gasteiger partial charge < -0.3 is 9.64 Å². The van der Waals surface area contributed by atoms with E-state index >= 15 is 0 Å². The molecule has 0 aromatic heterocycles. The molecule has 0 atom stereocenters. The van der Waals surface area contributed by atoms with Gasteiger partial charge in [0.05, 0.1) is 11.4 Å². The van der Waals surface area contributed by atoms with Crippen LogP contribution in [0.15, 0.2) is 41.3 Å². The second kappa shape index (κ2) is 7.11. The van der Waals surface area contributed by atoms with Crippen molar-refractivity contribution in [1.82, 2.24) is 4.90 Å². The molecule has 0 aliphatic carbocycles. The lowest BCUT2D eigenvalue weighted by atomic mass is 10.0. The van der Waals surface area contributed by atoms with E-state index in [4.69, 9.17) is 4.74 Å². The maximum Gasteiger partial charge on any atom is 0.254 e. The topological polar surface area (TPSA) is 63.7 Å². The molecule has 1 heterocycles. The summed E-state index contributed by atoms with van der Waals surface area (Å²) in [6, 6.07) is 10.7. The minimum atomic E-state index is -3.37. The first-order valence-electron chi connectivity index (χ1n) is 8.64. The molecule has 2 aromatic rings. The van der Waals surface area contributed by atoms with Gasteiger partial charge in [-0.25, -0.2) is 8.42 Å². The summed E-state index contributed by atoms with van der Waals surface area (Å²) in [5.41, 5.74) is 3.37. The van der Waals surface area contributed by atoms with Gasteiger partial charge in [0.2, 0.25) is 0 Å². The van der Waals surface area contributed by atoms with E-state index in [1.165, 1.54) is 6.07 Å². The van der Waals surface area contributed by atoms with Gasteiger partial charge in [-0.2, -0.15) is 0 Å². The highest BCUT2D eigenvalue weighted by Gasteiger charge is 2.24. The molecule has 2 aromatic carbocycles. The lowest BCUT2D eigenvalue weighted by Gasteiger charge is -2.22. The molecule has 0 N–H and O–H groups in total. The van der Waals surface area contributed by atoms with E-state index < -0.39 is 9.84 Å². The van der Waals surface area contributed by atoms with Gasteiger partial charge >= 0.3 is 0 Å². The number of ether oxygens (including phenoxy) is 1. The third kappa shape index (κ3) is 3.75. The predicted molar refractivity (Wildman–Crippen MR) is 100 cm³/mol. The van der Waals surface area contributed by atoms with E-state index in [2.05, 4.69) is 0 Å². The quantitative estimate of drug-likeness (QED) is 0.830. The second-order valence-electron chi connectivity index (χ2n) is 6.63. The third-order valence-corrected chi connectivity index (χ3v) is 5.71. The normalized spacial score (nSPS) is 14.3. The van der Waals surface area contributed by atoms with E-state index in [9.17, 15) is 13.2 Å². The summed E-state index contributed by atoms with van der Waals surface area (Å²) in [5, 5.41) is 0. The van der Waals surface area contributed by atoms with Crippen LogP contribution >= 0.6 is 0 Å². The first kappa shape index (κ1) is 18.5. The predicted octanol–water partition coefficient (Wildman–Crippen LogP) is 3.00. The Morgan fingerprint density at radius 1 is 1.19 bits per heavy atom. The number of aryl methyl sites for hydroxylation is 2. The molecule has 0 fully saturated rings. The maximum atomic E-state index is 13.2. The molecule has 3 rings (SSSR count). The van der Waals surface area contributed by atoms with Crippen molar-refractivity contribution < 1.29 is 17.9 Å². The zero-order valence-electron chi connectivity index (χ0n) is 15.3. The summed E-state index contributed by atoms with van der Waals surface area (Å²) in [7, 11) is -3.37. The van der Waals surface area contributed by atoms with E-state index in [1.807, 2.05) is 32.0 Å². The highest BCUT2D eigenvalue weighted by Crippen LogP contribution is 2.26. The van der Waals surface area contributed by atoms with Crippen molar-refractivity contribution in [3.05, 3.63) is 58.7 Å². The van der Waals surface area contributed by atoms with Gasteiger partial charge in [-0.05, 0) is 37.1 Å². The fourth-order valence-corrected chi connectivity index (χ4v) is 3.81. The number of amides is 1. The maximum absolute atomic E-state index is 13.2. The summed E-state index contributed by atoms with van der Waals surface area (Å²) in [6.45, 7) is 5.27. The van der Waals surface area contributed by atoms with Crippen LogP contribution < -0.4 is 4.74 Å². The first-order valence-corrected chi connectivity index (χ1v) is 10.5. The number of carbonyl (C=O) groups is 1. The zero-order chi connectivity index (χ0) is 18.9. The lowest BCUT2D eigenvalue weighted by molar-refractivity contribution is 0.0732. The second-order valence-corrected chi connectivity index (χ2v) is 8.65. The van der Waals surface area contributed by atoms with Crippen LogP contribution in [0.2, 0.25) is 0 Å². The molecular weight excluding hydrogens is 350 g/mol. The highest BCUT2D eigenvalue weighted by atomic mass is 32.2. The van der Waals surface area contributed by atoms with Gasteiger partial charge in [-0.1, -0.05) is 30.7 Å². The van der Waals surface area contributed by atoms with Gasteiger partial charge in [0.25, 0.3) is 5.91 Å². The van der Waals surface area contributed by atoms with E-state index in [0.717, 1.165) is 28.7 Å². The Morgan fingerprint density at radius 3 is 2.65 bits per heavy atom. The highest BCUT2D eigenvalue weighted by molar-refractivity contribution is 7.90. The molecule has 1 aliphatic rings. The summed E-state index contributed by atoms with van der Waals surface area (Å²) in [6.07, 6.45) is 1.81. The summed E-state index contributed by atoms with van der Waals surface area (Å²) < 4.78 is 29.6. The molecule has 1 aliphatic heterocycles. The smallest absolute Gasteiger partial charge is 0.254 e. The average Bonchev–Trinajstić information content (AvgIpc) is 2.81. The fourth-order valence-electron chi connectivity index (χ4n) is 3.16. The van der Waals surface area contributed by atoms with Gasteiger partial charge in [0.15, 0.2) is 9.84 Å². The minimum Gasteiger partial charge on any atom is -0.491 e. The zero-order valence-corrected chi connectivity index (χ0v) is 16.1. The number of benzene rings is 2. The Labute approximate surface area is 154 Å². The molecule has 1 amide bonds. The van der Waals surface area contributed by atoms with Crippen molar-refractivity contribution >= 4 is 15.7 Å². The largest absolute Gasteiger partial charge is 0.491 e. The van der Waals surface area contributed by atoms with Gasteiger partial charge in [0.1, 0.15) is 12.4 Å². The van der Waals surface area contributed by atoms with Gasteiger partial charge in [-0.3, -0.25) is 4.79 Å². The van der Waals surface area contributed by atoms with Gasteiger partial charge in [-0.15, -0.1) is 0 Å². The van der Waals surface area contributed by atoms with Crippen LogP contribution in [0.25, 0.3) is 0 Å². The van der Waals surface area contributed by atoms with Crippen molar-refractivity contribution in [1.29, 1.82) is 0 Å². The Balaban J connectivity index is 1.98. The van der Waals surface area contributed by atoms with Crippen molar-refractivity contribution in [2.75, 3.05) is 19.4 Å². The molecule has 0 saturated heterocycles. The lowest BCUT2D eigenvalue weighted by Crippen LogP contribution is -2.33. The summed E-state index contributed by atoms with van der Waals surface area (Å²) in [4.78, 5) is 15.1. The number of fused-ring (bicyclic) bond motifs is 1. The Bertz CT molecular complexity index is 950. The van der Waals surface area contributed by atoms with Crippen molar-refractivity contribution in [2.24, 2.45) is 0 Å². The molecule has 5 nitrogen and oxygen atoms in total. The molecule has 0 bridgehead atoms. The molecule has 26 heavy (non-hydrogen) atoms. The van der Waals surface area contributed by atoms with E-state index in [0.29, 0.717) is 31.7 Å².